The van der Waals surface area contributed by atoms with Crippen molar-refractivity contribution in [2.45, 2.75) is 37.6 Å². The summed E-state index contributed by atoms with van der Waals surface area (Å²) < 4.78 is 39.6. The third kappa shape index (κ3) is 5.34. The van der Waals surface area contributed by atoms with Crippen molar-refractivity contribution in [3.8, 4) is 22.6 Å². The Bertz CT molecular complexity index is 1230. The molecule has 0 aliphatic carbocycles. The Hall–Kier alpha value is -4.29. The Morgan fingerprint density at radius 2 is 1.56 bits per heavy atom. The number of halogens is 3. The Labute approximate surface area is 202 Å². The number of alkyl halides is 3. The number of benzene rings is 2. The summed E-state index contributed by atoms with van der Waals surface area (Å²) in [6.07, 6.45) is -5.54. The summed E-state index contributed by atoms with van der Waals surface area (Å²) >= 11 is 0. The molecule has 10 nitrogen and oxygen atoms in total. The van der Waals surface area contributed by atoms with E-state index in [1.807, 2.05) is 0 Å². The molecular formula is C23H22F3N3O7. The second-order valence-corrected chi connectivity index (χ2v) is 8.28. The van der Waals surface area contributed by atoms with Crippen LogP contribution in [-0.2, 0) is 25.6 Å². The van der Waals surface area contributed by atoms with Gasteiger partial charge in [-0.15, -0.1) is 0 Å². The van der Waals surface area contributed by atoms with Crippen LogP contribution in [0.25, 0.3) is 11.1 Å². The number of hydrogen-bond acceptors (Lipinski definition) is 6. The number of amides is 3. The van der Waals surface area contributed by atoms with Gasteiger partial charge in [-0.2, -0.15) is 13.2 Å². The van der Waals surface area contributed by atoms with Crippen molar-refractivity contribution in [3.63, 3.8) is 0 Å². The van der Waals surface area contributed by atoms with Gasteiger partial charge in [0.15, 0.2) is 0 Å². The van der Waals surface area contributed by atoms with Crippen LogP contribution >= 0.6 is 0 Å². The second kappa shape index (κ2) is 9.76. The van der Waals surface area contributed by atoms with Gasteiger partial charge in [-0.1, -0.05) is 12.1 Å². The van der Waals surface area contributed by atoms with E-state index < -0.39 is 53.7 Å². The molecule has 0 fully saturated rings. The number of phenols is 2. The van der Waals surface area contributed by atoms with E-state index in [9.17, 15) is 47.7 Å². The molecule has 2 aromatic rings. The Balaban J connectivity index is 2.25. The van der Waals surface area contributed by atoms with Gasteiger partial charge in [0.1, 0.15) is 29.6 Å². The van der Waals surface area contributed by atoms with E-state index in [4.69, 9.17) is 0 Å². The summed E-state index contributed by atoms with van der Waals surface area (Å²) in [5, 5.41) is 34.8. The molecular weight excluding hydrogens is 487 g/mol. The zero-order chi connectivity index (χ0) is 26.9. The SMILES string of the molecule is C[C@@H]1NC(=O)[C@@H](N(C)C(=O)C(F)(F)F)c2ccc(O)c(c2)-c2cc(ccc2O)C[C@@H](C(=O)O)NC1=O. The maximum atomic E-state index is 13.2. The van der Waals surface area contributed by atoms with Crippen molar-refractivity contribution >= 4 is 23.7 Å². The topological polar surface area (TPSA) is 156 Å². The van der Waals surface area contributed by atoms with E-state index >= 15 is 0 Å². The van der Waals surface area contributed by atoms with Crippen LogP contribution < -0.4 is 10.6 Å². The molecule has 0 aromatic heterocycles. The van der Waals surface area contributed by atoms with Crippen molar-refractivity contribution < 1.29 is 47.7 Å². The molecule has 5 N–H and O–H groups in total. The first-order chi connectivity index (χ1) is 16.7. The van der Waals surface area contributed by atoms with E-state index in [-0.39, 0.29) is 33.8 Å². The summed E-state index contributed by atoms with van der Waals surface area (Å²) in [4.78, 5) is 49.5. The van der Waals surface area contributed by atoms with E-state index in [0.717, 1.165) is 25.2 Å². The minimum atomic E-state index is -5.32. The number of carbonyl (C=O) groups is 4. The number of rotatable bonds is 2. The number of nitrogens with one attached hydrogen (secondary N) is 2. The average molecular weight is 509 g/mol. The van der Waals surface area contributed by atoms with E-state index in [0.29, 0.717) is 5.56 Å². The standard InChI is InChI=1S/C23H22F3N3O7/c1-10-19(32)28-15(21(34)35)8-11-3-5-16(30)13(7-11)14-9-12(4-6-17(14)31)18(20(33)27-10)29(2)22(36)23(24,25)26/h3-7,9-10,15,18,30-31H,8H2,1-2H3,(H,27,33)(H,28,32)(H,34,35)/t10-,15-,18-/m0/s1. The quantitative estimate of drug-likeness (QED) is 0.410. The van der Waals surface area contributed by atoms with Crippen LogP contribution in [0.2, 0.25) is 0 Å². The van der Waals surface area contributed by atoms with Crippen LogP contribution in [-0.4, -0.2) is 69.2 Å². The molecule has 2 aromatic carbocycles. The third-order valence-corrected chi connectivity index (χ3v) is 5.69. The molecule has 0 saturated heterocycles. The number of likely N-dealkylation sites (N-methyl/N-ethyl adjacent to an activating group) is 1. The molecule has 4 bridgehead atoms. The van der Waals surface area contributed by atoms with Gasteiger partial charge in [0.25, 0.3) is 0 Å². The number of hydrogen-bond donors (Lipinski definition) is 5. The number of carbonyl (C=O) groups excluding carboxylic acids is 3. The number of carboxylic acid groups (broad SMARTS) is 1. The predicted octanol–water partition coefficient (Wildman–Crippen LogP) is 1.46. The zero-order valence-corrected chi connectivity index (χ0v) is 19.0. The number of carboxylic acids is 1. The molecule has 13 heteroatoms. The molecule has 3 amide bonds. The normalized spacial score (nSPS) is 20.5. The number of aromatic hydroxyl groups is 2. The Morgan fingerprint density at radius 3 is 2.14 bits per heavy atom. The second-order valence-electron chi connectivity index (χ2n) is 8.28. The summed E-state index contributed by atoms with van der Waals surface area (Å²) in [6, 6.07) is 2.54. The Kier molecular flexibility index (Phi) is 7.13. The van der Waals surface area contributed by atoms with Crippen molar-refractivity contribution in [2.24, 2.45) is 0 Å². The Morgan fingerprint density at radius 1 is 0.972 bits per heavy atom. The third-order valence-electron chi connectivity index (χ3n) is 5.69. The average Bonchev–Trinajstić information content (AvgIpc) is 2.79. The highest BCUT2D eigenvalue weighted by molar-refractivity contribution is 5.95. The fraction of sp³-hybridized carbons (Fsp3) is 0.304. The summed E-state index contributed by atoms with van der Waals surface area (Å²) in [5.74, 6) is -6.60. The fourth-order valence-corrected chi connectivity index (χ4v) is 3.82. The predicted molar refractivity (Wildman–Crippen MR) is 118 cm³/mol. The smallest absolute Gasteiger partial charge is 0.471 e. The van der Waals surface area contributed by atoms with Gasteiger partial charge in [-0.25, -0.2) is 4.79 Å². The van der Waals surface area contributed by atoms with Crippen LogP contribution in [0, 0.1) is 0 Å². The lowest BCUT2D eigenvalue weighted by Gasteiger charge is -2.30. The van der Waals surface area contributed by atoms with Gasteiger partial charge in [-0.05, 0) is 42.3 Å². The van der Waals surface area contributed by atoms with Crippen molar-refractivity contribution in [3.05, 3.63) is 47.5 Å². The highest BCUT2D eigenvalue weighted by atomic mass is 19.4. The van der Waals surface area contributed by atoms with E-state index in [1.54, 1.807) is 0 Å². The first kappa shape index (κ1) is 26.3. The van der Waals surface area contributed by atoms with Crippen molar-refractivity contribution in [1.29, 1.82) is 0 Å². The number of nitrogens with zero attached hydrogens (tertiary/aromatic N) is 1. The summed E-state index contributed by atoms with van der Waals surface area (Å²) in [6.45, 7) is 1.20. The monoisotopic (exact) mass is 509 g/mol. The molecule has 0 saturated carbocycles. The van der Waals surface area contributed by atoms with Crippen LogP contribution in [0.4, 0.5) is 13.2 Å². The van der Waals surface area contributed by atoms with Crippen LogP contribution in [0.15, 0.2) is 36.4 Å². The van der Waals surface area contributed by atoms with Crippen LogP contribution in [0.1, 0.15) is 24.1 Å². The van der Waals surface area contributed by atoms with Crippen LogP contribution in [0.3, 0.4) is 0 Å². The highest BCUT2D eigenvalue weighted by Gasteiger charge is 2.45. The largest absolute Gasteiger partial charge is 0.507 e. The van der Waals surface area contributed by atoms with Gasteiger partial charge in [-0.3, -0.25) is 14.4 Å². The van der Waals surface area contributed by atoms with Gasteiger partial charge < -0.3 is 30.9 Å². The summed E-state index contributed by atoms with van der Waals surface area (Å²) in [5.41, 5.74) is 0.0866. The lowest BCUT2D eigenvalue weighted by molar-refractivity contribution is -0.187. The highest BCUT2D eigenvalue weighted by Crippen LogP contribution is 2.39. The number of fused-ring (bicyclic) bond motifs is 5. The molecule has 36 heavy (non-hydrogen) atoms. The van der Waals surface area contributed by atoms with Gasteiger partial charge >= 0.3 is 18.1 Å². The zero-order valence-electron chi connectivity index (χ0n) is 19.0. The molecule has 192 valence electrons. The maximum absolute atomic E-state index is 13.2. The van der Waals surface area contributed by atoms with Gasteiger partial charge in [0.2, 0.25) is 11.8 Å². The van der Waals surface area contributed by atoms with Gasteiger partial charge in [0, 0.05) is 24.6 Å². The van der Waals surface area contributed by atoms with Crippen LogP contribution in [0.5, 0.6) is 11.5 Å². The molecule has 1 aliphatic rings. The van der Waals surface area contributed by atoms with Crippen molar-refractivity contribution in [2.75, 3.05) is 7.05 Å². The van der Waals surface area contributed by atoms with Gasteiger partial charge in [0.05, 0.1) is 0 Å². The lowest BCUT2D eigenvalue weighted by Crippen LogP contribution is -2.53. The number of aliphatic carboxylic acids is 1. The maximum Gasteiger partial charge on any atom is 0.471 e. The fourth-order valence-electron chi connectivity index (χ4n) is 3.82. The van der Waals surface area contributed by atoms with E-state index in [1.165, 1.54) is 25.1 Å². The van der Waals surface area contributed by atoms with Crippen molar-refractivity contribution in [1.82, 2.24) is 15.5 Å². The minimum absolute atomic E-state index is 0.0169. The minimum Gasteiger partial charge on any atom is -0.507 e. The first-order valence-electron chi connectivity index (χ1n) is 10.5. The molecule has 3 atom stereocenters. The molecule has 0 spiro atoms. The number of phenolic OH excluding ortho intramolecular Hbond substituents is 2. The molecule has 0 radical (unpaired) electrons. The first-order valence-corrected chi connectivity index (χ1v) is 10.5. The molecule has 0 unspecified atom stereocenters. The summed E-state index contributed by atoms with van der Waals surface area (Å²) in [7, 11) is 0.749. The molecule has 1 heterocycles. The lowest BCUT2D eigenvalue weighted by atomic mass is 9.94. The molecule has 3 rings (SSSR count). The van der Waals surface area contributed by atoms with E-state index in [2.05, 4.69) is 10.6 Å². The molecule has 1 aliphatic heterocycles.